The molecule has 72 valence electrons. The van der Waals surface area contributed by atoms with Crippen molar-refractivity contribution in [1.82, 2.24) is 4.98 Å². The maximum absolute atomic E-state index is 10.4. The zero-order chi connectivity index (χ0) is 8.27. The first-order valence-corrected chi connectivity index (χ1v) is 3.04. The number of carboxylic acids is 1. The topological polar surface area (TPSA) is 50.2 Å². The number of carboxylic acid groups (broad SMARTS) is 1. The van der Waals surface area contributed by atoms with Gasteiger partial charge in [-0.25, -0.2) is 4.79 Å². The van der Waals surface area contributed by atoms with Gasteiger partial charge in [-0.2, -0.15) is 0 Å². The van der Waals surface area contributed by atoms with Gasteiger partial charge >= 0.3 is 5.97 Å². The summed E-state index contributed by atoms with van der Waals surface area (Å²) in [6, 6.07) is 3.33. The molecule has 1 N–H and O–H groups in total. The van der Waals surface area contributed by atoms with Crippen LogP contribution in [-0.4, -0.2) is 16.1 Å². The molecule has 0 aliphatic rings. The van der Waals surface area contributed by atoms with Crippen LogP contribution in [0.25, 0.3) is 5.57 Å². The molecule has 1 rings (SSSR count). The first-order chi connectivity index (χ1) is 5.22. The maximum atomic E-state index is 10.4. The Bertz CT molecular complexity index is 287. The molecule has 1 aromatic heterocycles. The number of hydrogen-bond acceptors (Lipinski definition) is 2. The van der Waals surface area contributed by atoms with E-state index in [1.54, 1.807) is 18.3 Å². The summed E-state index contributed by atoms with van der Waals surface area (Å²) in [5, 5.41) is 8.51. The van der Waals surface area contributed by atoms with Crippen LogP contribution in [0.5, 0.6) is 0 Å². The SMILES string of the molecule is C=C(C(=O)O)c1cccnc1.Cl.Cl. The predicted molar refractivity (Wildman–Crippen MR) is 55.4 cm³/mol. The van der Waals surface area contributed by atoms with Crippen molar-refractivity contribution >= 4 is 36.4 Å². The fourth-order valence-corrected chi connectivity index (χ4v) is 0.665. The summed E-state index contributed by atoms with van der Waals surface area (Å²) >= 11 is 0. The monoisotopic (exact) mass is 221 g/mol. The van der Waals surface area contributed by atoms with Crippen LogP contribution in [0.2, 0.25) is 0 Å². The number of halogens is 2. The minimum atomic E-state index is -1.02. The lowest BCUT2D eigenvalue weighted by Gasteiger charge is -1.96. The molecule has 0 aliphatic carbocycles. The zero-order valence-corrected chi connectivity index (χ0v) is 8.27. The number of aromatic nitrogens is 1. The Balaban J connectivity index is 0. The highest BCUT2D eigenvalue weighted by Crippen LogP contribution is 2.08. The Kier molecular flexibility index (Phi) is 7.18. The molecule has 0 radical (unpaired) electrons. The molecule has 0 spiro atoms. The molecule has 3 nitrogen and oxygen atoms in total. The fraction of sp³-hybridized carbons (Fsp3) is 0. The highest BCUT2D eigenvalue weighted by atomic mass is 35.5. The second-order valence-corrected chi connectivity index (χ2v) is 2.03. The van der Waals surface area contributed by atoms with Crippen molar-refractivity contribution in [3.63, 3.8) is 0 Å². The molecule has 13 heavy (non-hydrogen) atoms. The van der Waals surface area contributed by atoms with Gasteiger partial charge in [0.25, 0.3) is 0 Å². The molecule has 0 atom stereocenters. The van der Waals surface area contributed by atoms with Crippen LogP contribution in [-0.2, 0) is 4.79 Å². The van der Waals surface area contributed by atoms with Gasteiger partial charge in [0.2, 0.25) is 0 Å². The largest absolute Gasteiger partial charge is 0.478 e. The molecule has 0 saturated carbocycles. The van der Waals surface area contributed by atoms with E-state index in [9.17, 15) is 4.79 Å². The van der Waals surface area contributed by atoms with E-state index in [2.05, 4.69) is 11.6 Å². The molecule has 0 bridgehead atoms. The van der Waals surface area contributed by atoms with E-state index >= 15 is 0 Å². The first-order valence-electron chi connectivity index (χ1n) is 3.04. The van der Waals surface area contributed by atoms with E-state index in [0.29, 0.717) is 5.56 Å². The number of rotatable bonds is 2. The summed E-state index contributed by atoms with van der Waals surface area (Å²) in [5.74, 6) is -1.02. The molecule has 0 amide bonds. The number of pyridine rings is 1. The van der Waals surface area contributed by atoms with Crippen LogP contribution < -0.4 is 0 Å². The second-order valence-electron chi connectivity index (χ2n) is 2.03. The smallest absolute Gasteiger partial charge is 0.335 e. The molecule has 1 aromatic rings. The summed E-state index contributed by atoms with van der Waals surface area (Å²) in [6.45, 7) is 3.38. The lowest BCUT2D eigenvalue weighted by Crippen LogP contribution is -1.97. The standard InChI is InChI=1S/C8H7NO2.2ClH/c1-6(8(10)11)7-3-2-4-9-5-7;;/h2-5H,1H2,(H,10,11);2*1H. The lowest BCUT2D eigenvalue weighted by molar-refractivity contribution is -0.130. The normalized spacial score (nSPS) is 7.69. The van der Waals surface area contributed by atoms with Crippen LogP contribution in [0.4, 0.5) is 0 Å². The molecular weight excluding hydrogens is 213 g/mol. The maximum Gasteiger partial charge on any atom is 0.335 e. The molecule has 0 aromatic carbocycles. The summed E-state index contributed by atoms with van der Waals surface area (Å²) in [5.41, 5.74) is 0.609. The number of nitrogens with zero attached hydrogens (tertiary/aromatic N) is 1. The van der Waals surface area contributed by atoms with Crippen molar-refractivity contribution in [1.29, 1.82) is 0 Å². The van der Waals surface area contributed by atoms with Gasteiger partial charge < -0.3 is 5.11 Å². The fourth-order valence-electron chi connectivity index (χ4n) is 0.665. The van der Waals surface area contributed by atoms with Crippen LogP contribution in [0, 0.1) is 0 Å². The average molecular weight is 222 g/mol. The third-order valence-corrected chi connectivity index (χ3v) is 1.27. The highest BCUT2D eigenvalue weighted by molar-refractivity contribution is 6.14. The van der Waals surface area contributed by atoms with Gasteiger partial charge in [0.1, 0.15) is 0 Å². The van der Waals surface area contributed by atoms with Crippen molar-refractivity contribution in [2.75, 3.05) is 0 Å². The summed E-state index contributed by atoms with van der Waals surface area (Å²) in [7, 11) is 0. The summed E-state index contributed by atoms with van der Waals surface area (Å²) in [4.78, 5) is 14.1. The molecule has 0 aliphatic heterocycles. The molecule has 0 saturated heterocycles. The van der Waals surface area contributed by atoms with Crippen molar-refractivity contribution in [2.24, 2.45) is 0 Å². The lowest BCUT2D eigenvalue weighted by atomic mass is 10.1. The van der Waals surface area contributed by atoms with Gasteiger partial charge in [0, 0.05) is 18.0 Å². The van der Waals surface area contributed by atoms with E-state index in [0.717, 1.165) is 0 Å². The minimum absolute atomic E-state index is 0. The Morgan fingerprint density at radius 2 is 2.08 bits per heavy atom. The van der Waals surface area contributed by atoms with Gasteiger partial charge in [0.05, 0.1) is 5.57 Å². The van der Waals surface area contributed by atoms with E-state index < -0.39 is 5.97 Å². The van der Waals surface area contributed by atoms with E-state index in [-0.39, 0.29) is 30.4 Å². The van der Waals surface area contributed by atoms with Crippen molar-refractivity contribution in [3.8, 4) is 0 Å². The Labute approximate surface area is 88.3 Å². The predicted octanol–water partition coefficient (Wildman–Crippen LogP) is 2.02. The Morgan fingerprint density at radius 3 is 2.46 bits per heavy atom. The number of hydrogen-bond donors (Lipinski definition) is 1. The van der Waals surface area contributed by atoms with Crippen LogP contribution in [0.1, 0.15) is 5.56 Å². The van der Waals surface area contributed by atoms with Gasteiger partial charge in [-0.1, -0.05) is 12.6 Å². The third kappa shape index (κ3) is 3.92. The quantitative estimate of drug-likeness (QED) is 0.778. The molecular formula is C8H9Cl2NO2. The van der Waals surface area contributed by atoms with Gasteiger partial charge in [-0.05, 0) is 6.07 Å². The van der Waals surface area contributed by atoms with E-state index in [4.69, 9.17) is 5.11 Å². The molecule has 0 unspecified atom stereocenters. The van der Waals surface area contributed by atoms with Crippen LogP contribution >= 0.6 is 24.8 Å². The minimum Gasteiger partial charge on any atom is -0.478 e. The number of carbonyl (C=O) groups is 1. The van der Waals surface area contributed by atoms with E-state index in [1.807, 2.05) is 0 Å². The van der Waals surface area contributed by atoms with Crippen molar-refractivity contribution < 1.29 is 9.90 Å². The summed E-state index contributed by atoms with van der Waals surface area (Å²) < 4.78 is 0. The molecule has 5 heteroatoms. The van der Waals surface area contributed by atoms with E-state index in [1.165, 1.54) is 6.20 Å². The van der Waals surface area contributed by atoms with Crippen molar-refractivity contribution in [3.05, 3.63) is 36.7 Å². The molecule has 1 heterocycles. The highest BCUT2D eigenvalue weighted by Gasteiger charge is 2.05. The molecule has 0 fully saturated rings. The Morgan fingerprint density at radius 1 is 1.46 bits per heavy atom. The summed E-state index contributed by atoms with van der Waals surface area (Å²) in [6.07, 6.45) is 3.05. The van der Waals surface area contributed by atoms with Gasteiger partial charge in [-0.3, -0.25) is 4.98 Å². The van der Waals surface area contributed by atoms with Crippen molar-refractivity contribution in [2.45, 2.75) is 0 Å². The van der Waals surface area contributed by atoms with Crippen LogP contribution in [0.15, 0.2) is 31.1 Å². The third-order valence-electron chi connectivity index (χ3n) is 1.27. The first kappa shape index (κ1) is 14.5. The zero-order valence-electron chi connectivity index (χ0n) is 6.64. The van der Waals surface area contributed by atoms with Gasteiger partial charge in [-0.15, -0.1) is 24.8 Å². The number of aliphatic carboxylic acids is 1. The van der Waals surface area contributed by atoms with Crippen LogP contribution in [0.3, 0.4) is 0 Å². The average Bonchev–Trinajstić information content (AvgIpc) is 2.05. The Hall–Kier alpha value is -1.06. The second kappa shape index (κ2) is 6.46. The van der Waals surface area contributed by atoms with Gasteiger partial charge in [0.15, 0.2) is 0 Å².